The molecule has 0 heterocycles. The topological polar surface area (TPSA) is 77.3 Å². The van der Waals surface area contributed by atoms with E-state index in [2.05, 4.69) is 0 Å². The second-order valence-electron chi connectivity index (χ2n) is 4.77. The molecule has 110 valence electrons. The van der Waals surface area contributed by atoms with Crippen LogP contribution in [0, 0.1) is 17.0 Å². The third kappa shape index (κ3) is 3.46. The van der Waals surface area contributed by atoms with Gasteiger partial charge in [0.2, 0.25) is 6.54 Å². The summed E-state index contributed by atoms with van der Waals surface area (Å²) in [6, 6.07) is 14.6. The van der Waals surface area contributed by atoms with Crippen molar-refractivity contribution in [3.63, 3.8) is 0 Å². The van der Waals surface area contributed by atoms with Gasteiger partial charge in [0.15, 0.2) is 15.1 Å². The fraction of sp³-hybridized carbons (Fsp3) is 0.200. The standard InChI is InChI=1S/C15H15NO4S/c1-12-7-9-14(10-8-12)21(19,20)15(11-16(17)18)13-5-3-2-4-6-13/h2-10,15H,11H2,1H3/t15-/m1/s1. The van der Waals surface area contributed by atoms with E-state index in [1.807, 2.05) is 6.92 Å². The summed E-state index contributed by atoms with van der Waals surface area (Å²) in [5, 5.41) is 9.67. The van der Waals surface area contributed by atoms with E-state index in [9.17, 15) is 18.5 Å². The molecule has 0 aliphatic rings. The number of rotatable bonds is 5. The molecule has 0 fully saturated rings. The minimum absolute atomic E-state index is 0.101. The van der Waals surface area contributed by atoms with Gasteiger partial charge in [-0.15, -0.1) is 0 Å². The Labute approximate surface area is 123 Å². The Bertz CT molecular complexity index is 724. The summed E-state index contributed by atoms with van der Waals surface area (Å²) in [5.41, 5.74) is 1.36. The first-order valence-corrected chi connectivity index (χ1v) is 7.93. The second-order valence-corrected chi connectivity index (χ2v) is 6.90. The Morgan fingerprint density at radius 3 is 2.14 bits per heavy atom. The Balaban J connectivity index is 2.49. The van der Waals surface area contributed by atoms with Gasteiger partial charge in [0.25, 0.3) is 0 Å². The summed E-state index contributed by atoms with van der Waals surface area (Å²) in [5.74, 6) is 0. The van der Waals surface area contributed by atoms with E-state index in [-0.39, 0.29) is 4.90 Å². The summed E-state index contributed by atoms with van der Waals surface area (Å²) in [6.45, 7) is 1.20. The molecule has 0 N–H and O–H groups in total. The molecule has 0 spiro atoms. The normalized spacial score (nSPS) is 12.8. The Morgan fingerprint density at radius 1 is 1.05 bits per heavy atom. The van der Waals surface area contributed by atoms with E-state index < -0.39 is 26.6 Å². The van der Waals surface area contributed by atoms with Crippen molar-refractivity contribution >= 4 is 9.84 Å². The molecule has 2 aromatic carbocycles. The van der Waals surface area contributed by atoms with Crippen LogP contribution in [0.15, 0.2) is 59.5 Å². The van der Waals surface area contributed by atoms with Gasteiger partial charge in [-0.25, -0.2) is 8.42 Å². The molecule has 21 heavy (non-hydrogen) atoms. The number of hydrogen-bond donors (Lipinski definition) is 0. The summed E-state index contributed by atoms with van der Waals surface area (Å²) in [4.78, 5) is 10.4. The van der Waals surface area contributed by atoms with E-state index in [1.54, 1.807) is 42.5 Å². The van der Waals surface area contributed by atoms with E-state index in [0.717, 1.165) is 5.56 Å². The first-order chi connectivity index (χ1) is 9.91. The zero-order valence-electron chi connectivity index (χ0n) is 11.5. The van der Waals surface area contributed by atoms with Crippen LogP contribution in [-0.2, 0) is 9.84 Å². The van der Waals surface area contributed by atoms with Crippen molar-refractivity contribution in [1.82, 2.24) is 0 Å². The van der Waals surface area contributed by atoms with Crippen LogP contribution >= 0.6 is 0 Å². The molecule has 0 radical (unpaired) electrons. The molecule has 6 heteroatoms. The minimum Gasteiger partial charge on any atom is -0.264 e. The molecule has 0 saturated heterocycles. The molecule has 0 aliphatic carbocycles. The molecule has 0 aromatic heterocycles. The lowest BCUT2D eigenvalue weighted by Crippen LogP contribution is -2.22. The van der Waals surface area contributed by atoms with Gasteiger partial charge in [-0.05, 0) is 24.6 Å². The maximum Gasteiger partial charge on any atom is 0.225 e. The predicted molar refractivity (Wildman–Crippen MR) is 79.4 cm³/mol. The van der Waals surface area contributed by atoms with Crippen molar-refractivity contribution in [3.8, 4) is 0 Å². The molecule has 0 amide bonds. The first-order valence-electron chi connectivity index (χ1n) is 6.38. The fourth-order valence-corrected chi connectivity index (χ4v) is 3.76. The second kappa shape index (κ2) is 6.05. The third-order valence-electron chi connectivity index (χ3n) is 3.21. The maximum absolute atomic E-state index is 12.7. The lowest BCUT2D eigenvalue weighted by atomic mass is 10.1. The molecule has 2 aromatic rings. The summed E-state index contributed by atoms with van der Waals surface area (Å²) >= 11 is 0. The average Bonchev–Trinajstić information content (AvgIpc) is 2.46. The lowest BCUT2D eigenvalue weighted by Gasteiger charge is -2.14. The molecule has 0 saturated carbocycles. The van der Waals surface area contributed by atoms with Crippen LogP contribution in [0.4, 0.5) is 0 Å². The largest absolute Gasteiger partial charge is 0.264 e. The van der Waals surface area contributed by atoms with Crippen molar-refractivity contribution in [2.45, 2.75) is 17.1 Å². The quantitative estimate of drug-likeness (QED) is 0.628. The van der Waals surface area contributed by atoms with Crippen molar-refractivity contribution in [2.75, 3.05) is 6.54 Å². The van der Waals surface area contributed by atoms with Crippen LogP contribution in [0.1, 0.15) is 16.4 Å². The highest BCUT2D eigenvalue weighted by Gasteiger charge is 2.33. The minimum atomic E-state index is -3.81. The highest BCUT2D eigenvalue weighted by Crippen LogP contribution is 2.29. The lowest BCUT2D eigenvalue weighted by molar-refractivity contribution is -0.479. The average molecular weight is 305 g/mol. The van der Waals surface area contributed by atoms with Gasteiger partial charge in [-0.2, -0.15) is 0 Å². The van der Waals surface area contributed by atoms with Crippen molar-refractivity contribution < 1.29 is 13.3 Å². The summed E-state index contributed by atoms with van der Waals surface area (Å²) in [6.07, 6.45) is 0. The van der Waals surface area contributed by atoms with Crippen LogP contribution in [0.25, 0.3) is 0 Å². The monoisotopic (exact) mass is 305 g/mol. The summed E-state index contributed by atoms with van der Waals surface area (Å²) < 4.78 is 25.4. The van der Waals surface area contributed by atoms with Crippen molar-refractivity contribution in [1.29, 1.82) is 0 Å². The number of aryl methyl sites for hydroxylation is 1. The van der Waals surface area contributed by atoms with Crippen LogP contribution in [-0.4, -0.2) is 19.9 Å². The Kier molecular flexibility index (Phi) is 4.37. The van der Waals surface area contributed by atoms with Gasteiger partial charge in [0.1, 0.15) is 0 Å². The van der Waals surface area contributed by atoms with E-state index in [4.69, 9.17) is 0 Å². The fourth-order valence-electron chi connectivity index (χ4n) is 2.08. The molecular weight excluding hydrogens is 290 g/mol. The van der Waals surface area contributed by atoms with Crippen LogP contribution in [0.5, 0.6) is 0 Å². The molecule has 5 nitrogen and oxygen atoms in total. The zero-order valence-corrected chi connectivity index (χ0v) is 12.3. The van der Waals surface area contributed by atoms with E-state index in [1.165, 1.54) is 12.1 Å². The highest BCUT2D eigenvalue weighted by molar-refractivity contribution is 7.91. The number of benzene rings is 2. The number of nitrogens with zero attached hydrogens (tertiary/aromatic N) is 1. The van der Waals surface area contributed by atoms with Crippen molar-refractivity contribution in [2.24, 2.45) is 0 Å². The highest BCUT2D eigenvalue weighted by atomic mass is 32.2. The Hall–Kier alpha value is -2.21. The van der Waals surface area contributed by atoms with Crippen molar-refractivity contribution in [3.05, 3.63) is 75.8 Å². The van der Waals surface area contributed by atoms with Gasteiger partial charge in [0, 0.05) is 4.92 Å². The number of nitro groups is 1. The van der Waals surface area contributed by atoms with Crippen LogP contribution < -0.4 is 0 Å². The van der Waals surface area contributed by atoms with Gasteiger partial charge < -0.3 is 0 Å². The molecular formula is C15H15NO4S. The van der Waals surface area contributed by atoms with Crippen LogP contribution in [0.3, 0.4) is 0 Å². The smallest absolute Gasteiger partial charge is 0.225 e. The molecule has 2 rings (SSSR count). The molecule has 0 bridgehead atoms. The molecule has 0 aliphatic heterocycles. The first kappa shape index (κ1) is 15.2. The van der Waals surface area contributed by atoms with Gasteiger partial charge in [-0.1, -0.05) is 48.0 Å². The van der Waals surface area contributed by atoms with Crippen LogP contribution in [0.2, 0.25) is 0 Å². The molecule has 1 atom stereocenters. The van der Waals surface area contributed by atoms with Gasteiger partial charge in [0.05, 0.1) is 4.90 Å². The van der Waals surface area contributed by atoms with Gasteiger partial charge in [-0.3, -0.25) is 10.1 Å². The third-order valence-corrected chi connectivity index (χ3v) is 5.31. The Morgan fingerprint density at radius 2 is 1.62 bits per heavy atom. The van der Waals surface area contributed by atoms with E-state index >= 15 is 0 Å². The van der Waals surface area contributed by atoms with E-state index in [0.29, 0.717) is 5.56 Å². The number of sulfone groups is 1. The van der Waals surface area contributed by atoms with Gasteiger partial charge >= 0.3 is 0 Å². The molecule has 0 unspecified atom stereocenters. The SMILES string of the molecule is Cc1ccc(S(=O)(=O)[C@H](C[N+](=O)[O-])c2ccccc2)cc1. The zero-order chi connectivity index (χ0) is 15.5. The number of hydrogen-bond acceptors (Lipinski definition) is 4. The summed E-state index contributed by atoms with van der Waals surface area (Å²) in [7, 11) is -3.81. The predicted octanol–water partition coefficient (Wildman–Crippen LogP) is 2.79. The maximum atomic E-state index is 12.7.